The second-order valence-electron chi connectivity index (χ2n) is 2.68. The van der Waals surface area contributed by atoms with Crippen LogP contribution in [0.25, 0.3) is 0 Å². The molecule has 0 fully saturated rings. The SMILES string of the molecule is C[N+](C)(C)NC(=O)CBr. The van der Waals surface area contributed by atoms with Crippen LogP contribution in [-0.2, 0) is 4.79 Å². The Hall–Kier alpha value is -0.0900. The van der Waals surface area contributed by atoms with Gasteiger partial charge in [0, 0.05) is 0 Å². The van der Waals surface area contributed by atoms with E-state index in [0.717, 1.165) is 0 Å². The van der Waals surface area contributed by atoms with E-state index in [1.54, 1.807) is 0 Å². The Morgan fingerprint density at radius 3 is 2.11 bits per heavy atom. The number of hydrogen-bond donors (Lipinski definition) is 1. The van der Waals surface area contributed by atoms with E-state index in [1.807, 2.05) is 21.1 Å². The summed E-state index contributed by atoms with van der Waals surface area (Å²) in [5.41, 5.74) is 2.72. The van der Waals surface area contributed by atoms with Crippen LogP contribution in [0.1, 0.15) is 0 Å². The molecule has 0 aromatic heterocycles. The Morgan fingerprint density at radius 2 is 2.00 bits per heavy atom. The molecule has 0 heterocycles. The number of quaternary nitrogens is 1. The van der Waals surface area contributed by atoms with Gasteiger partial charge >= 0.3 is 0 Å². The fourth-order valence-corrected chi connectivity index (χ4v) is 0.529. The van der Waals surface area contributed by atoms with Gasteiger partial charge in [-0.3, -0.25) is 4.79 Å². The van der Waals surface area contributed by atoms with E-state index < -0.39 is 0 Å². The van der Waals surface area contributed by atoms with E-state index >= 15 is 0 Å². The average Bonchev–Trinajstić information content (AvgIpc) is 1.62. The highest BCUT2D eigenvalue weighted by Gasteiger charge is 2.09. The van der Waals surface area contributed by atoms with Crippen molar-refractivity contribution in [3.8, 4) is 0 Å². The molecule has 0 spiro atoms. The maximum absolute atomic E-state index is 10.7. The van der Waals surface area contributed by atoms with Crippen LogP contribution in [0.3, 0.4) is 0 Å². The zero-order chi connectivity index (χ0) is 7.49. The molecule has 1 amide bonds. The molecule has 9 heavy (non-hydrogen) atoms. The Kier molecular flexibility index (Phi) is 3.14. The van der Waals surface area contributed by atoms with Gasteiger partial charge in [0.15, 0.2) is 0 Å². The number of rotatable bonds is 2. The number of carbonyl (C=O) groups is 1. The van der Waals surface area contributed by atoms with Crippen LogP contribution >= 0.6 is 15.9 Å². The molecule has 0 aliphatic heterocycles. The standard InChI is InChI=1S/C5H11BrN2O/c1-8(2,3)7-5(9)4-6/h4H2,1-3H3/p+1. The molecule has 0 saturated heterocycles. The number of carbonyl (C=O) groups excluding carboxylic acids is 1. The first-order chi connectivity index (χ1) is 3.95. The first-order valence-electron chi connectivity index (χ1n) is 2.64. The smallest absolute Gasteiger partial charge is 0.269 e. The van der Waals surface area contributed by atoms with Crippen molar-refractivity contribution in [3.05, 3.63) is 0 Å². The van der Waals surface area contributed by atoms with Crippen LogP contribution in [0.4, 0.5) is 0 Å². The van der Waals surface area contributed by atoms with Crippen molar-refractivity contribution in [1.29, 1.82) is 0 Å². The van der Waals surface area contributed by atoms with Crippen LogP contribution in [0, 0.1) is 0 Å². The molecular formula is C5H12BrN2O+. The lowest BCUT2D eigenvalue weighted by molar-refractivity contribution is -0.906. The van der Waals surface area contributed by atoms with Gasteiger partial charge in [0.2, 0.25) is 0 Å². The summed E-state index contributed by atoms with van der Waals surface area (Å²) in [5.74, 6) is 0.00231. The molecule has 0 aliphatic rings. The minimum absolute atomic E-state index is 0.00231. The van der Waals surface area contributed by atoms with Gasteiger partial charge in [0.1, 0.15) is 0 Å². The van der Waals surface area contributed by atoms with Gasteiger partial charge in [0.25, 0.3) is 5.91 Å². The van der Waals surface area contributed by atoms with Gasteiger partial charge in [-0.05, 0) is 0 Å². The normalized spacial score (nSPS) is 11.1. The van der Waals surface area contributed by atoms with Crippen molar-refractivity contribution < 1.29 is 9.39 Å². The lowest BCUT2D eigenvalue weighted by Gasteiger charge is -2.22. The predicted octanol–water partition coefficient (Wildman–Crippen LogP) is 0.119. The number of nitrogens with one attached hydrogen (secondary N) is 1. The summed E-state index contributed by atoms with van der Waals surface area (Å²) < 4.78 is 0.463. The van der Waals surface area contributed by atoms with Crippen molar-refractivity contribution >= 4 is 21.8 Å². The predicted molar refractivity (Wildman–Crippen MR) is 40.0 cm³/mol. The van der Waals surface area contributed by atoms with Gasteiger partial charge in [-0.1, -0.05) is 15.9 Å². The third-order valence-electron chi connectivity index (χ3n) is 0.581. The summed E-state index contributed by atoms with van der Waals surface area (Å²) in [7, 11) is 5.67. The summed E-state index contributed by atoms with van der Waals surface area (Å²) in [5, 5.41) is 0.364. The fraction of sp³-hybridized carbons (Fsp3) is 0.800. The van der Waals surface area contributed by atoms with E-state index in [-0.39, 0.29) is 5.91 Å². The van der Waals surface area contributed by atoms with E-state index in [9.17, 15) is 4.79 Å². The van der Waals surface area contributed by atoms with Crippen molar-refractivity contribution in [3.63, 3.8) is 0 Å². The molecule has 0 aliphatic carbocycles. The third-order valence-corrected chi connectivity index (χ3v) is 1.09. The largest absolute Gasteiger partial charge is 0.275 e. The molecule has 4 heteroatoms. The summed E-state index contributed by atoms with van der Waals surface area (Å²) in [6.07, 6.45) is 0. The van der Waals surface area contributed by atoms with Crippen LogP contribution in [0.15, 0.2) is 0 Å². The molecule has 0 unspecified atom stereocenters. The highest BCUT2D eigenvalue weighted by molar-refractivity contribution is 9.09. The number of amides is 1. The Labute approximate surface area is 63.7 Å². The molecule has 0 saturated carbocycles. The first kappa shape index (κ1) is 8.91. The monoisotopic (exact) mass is 195 g/mol. The van der Waals surface area contributed by atoms with E-state index in [0.29, 0.717) is 9.92 Å². The van der Waals surface area contributed by atoms with Crippen molar-refractivity contribution in [1.82, 2.24) is 5.43 Å². The summed E-state index contributed by atoms with van der Waals surface area (Å²) in [6.45, 7) is 0. The second-order valence-corrected chi connectivity index (χ2v) is 3.24. The van der Waals surface area contributed by atoms with E-state index in [1.165, 1.54) is 0 Å². The molecule has 1 N–H and O–H groups in total. The van der Waals surface area contributed by atoms with Gasteiger partial charge in [-0.15, -0.1) is 0 Å². The molecule has 0 bridgehead atoms. The van der Waals surface area contributed by atoms with Crippen LogP contribution in [0.2, 0.25) is 0 Å². The maximum atomic E-state index is 10.7. The molecule has 0 atom stereocenters. The molecule has 3 nitrogen and oxygen atoms in total. The molecule has 0 aromatic carbocycles. The topological polar surface area (TPSA) is 29.1 Å². The highest BCUT2D eigenvalue weighted by Crippen LogP contribution is 1.84. The number of halogens is 1. The second kappa shape index (κ2) is 3.17. The van der Waals surface area contributed by atoms with Gasteiger partial charge < -0.3 is 0 Å². The van der Waals surface area contributed by atoms with Crippen LogP contribution in [-0.4, -0.2) is 37.0 Å². The number of nitrogens with zero attached hydrogens (tertiary/aromatic N) is 1. The van der Waals surface area contributed by atoms with E-state index in [4.69, 9.17) is 0 Å². The minimum atomic E-state index is 0.00231. The van der Waals surface area contributed by atoms with Crippen molar-refractivity contribution in [2.24, 2.45) is 0 Å². The Balaban J connectivity index is 3.60. The maximum Gasteiger partial charge on any atom is 0.275 e. The highest BCUT2D eigenvalue weighted by atomic mass is 79.9. The number of hydrogen-bond acceptors (Lipinski definition) is 1. The van der Waals surface area contributed by atoms with E-state index in [2.05, 4.69) is 21.4 Å². The summed E-state index contributed by atoms with van der Waals surface area (Å²) in [6, 6.07) is 0. The molecule has 0 aromatic rings. The lowest BCUT2D eigenvalue weighted by atomic mass is 10.7. The molecule has 0 rings (SSSR count). The number of alkyl halides is 1. The van der Waals surface area contributed by atoms with Crippen molar-refractivity contribution in [2.45, 2.75) is 0 Å². The van der Waals surface area contributed by atoms with Crippen LogP contribution < -0.4 is 5.43 Å². The summed E-state index contributed by atoms with van der Waals surface area (Å²) >= 11 is 3.05. The Morgan fingerprint density at radius 1 is 1.56 bits per heavy atom. The molecule has 54 valence electrons. The third kappa shape index (κ3) is 5.79. The van der Waals surface area contributed by atoms with Gasteiger partial charge in [-0.2, -0.15) is 0 Å². The van der Waals surface area contributed by atoms with Gasteiger partial charge in [0.05, 0.1) is 26.5 Å². The molecule has 0 radical (unpaired) electrons. The van der Waals surface area contributed by atoms with Crippen molar-refractivity contribution in [2.75, 3.05) is 26.5 Å². The lowest BCUT2D eigenvalue weighted by Crippen LogP contribution is -2.51. The summed E-state index contributed by atoms with van der Waals surface area (Å²) in [4.78, 5) is 10.7. The average molecular weight is 196 g/mol. The minimum Gasteiger partial charge on any atom is -0.269 e. The van der Waals surface area contributed by atoms with Gasteiger partial charge in [-0.25, -0.2) is 10.0 Å². The Bertz CT molecular complexity index is 108. The zero-order valence-corrected chi connectivity index (χ0v) is 7.53. The van der Waals surface area contributed by atoms with Crippen LogP contribution in [0.5, 0.6) is 0 Å². The fourth-order valence-electron chi connectivity index (χ4n) is 0.404. The quantitative estimate of drug-likeness (QED) is 0.379. The zero-order valence-electron chi connectivity index (χ0n) is 5.94. The molecular weight excluding hydrogens is 184 g/mol. The first-order valence-corrected chi connectivity index (χ1v) is 3.76.